The average molecular weight is 303 g/mol. The minimum Gasteiger partial charge on any atom is -0.497 e. The van der Waals surface area contributed by atoms with Gasteiger partial charge in [0, 0.05) is 25.5 Å². The maximum atomic E-state index is 12.9. The van der Waals surface area contributed by atoms with Gasteiger partial charge in [-0.05, 0) is 25.1 Å². The number of amides is 1. The second kappa shape index (κ2) is 5.41. The Morgan fingerprint density at radius 2 is 2.27 bits per heavy atom. The number of allylic oxidation sites excluding steroid dienone is 1. The summed E-state index contributed by atoms with van der Waals surface area (Å²) in [7, 11) is 3.32. The van der Waals surface area contributed by atoms with Gasteiger partial charge in [-0.3, -0.25) is 4.79 Å². The molecule has 2 aliphatic rings. The molecule has 0 aliphatic carbocycles. The number of anilines is 1. The van der Waals surface area contributed by atoms with Crippen molar-refractivity contribution in [2.45, 2.75) is 37.6 Å². The van der Waals surface area contributed by atoms with Crippen LogP contribution >= 0.6 is 0 Å². The second-order valence-corrected chi connectivity index (χ2v) is 5.85. The number of ether oxygens (including phenoxy) is 2. The standard InChI is InChI=1S/C17H21NO4/c1-4-5-13-8-11(19)10-17(22-13)14-9-12(21-3)6-7-15(14)18(2)16(17)20/h4-7,9,11,13,19H,8,10H2,1-3H3/b5-4+/t11-,13-,17-/m0/s1. The number of hydrogen-bond acceptors (Lipinski definition) is 4. The zero-order valence-corrected chi connectivity index (χ0v) is 13.1. The molecule has 118 valence electrons. The first-order valence-electron chi connectivity index (χ1n) is 7.47. The minimum atomic E-state index is -1.12. The summed E-state index contributed by atoms with van der Waals surface area (Å²) in [6.07, 6.45) is 3.68. The van der Waals surface area contributed by atoms with Crippen LogP contribution in [0.25, 0.3) is 0 Å². The molecular weight excluding hydrogens is 282 g/mol. The van der Waals surface area contributed by atoms with Crippen molar-refractivity contribution >= 4 is 11.6 Å². The van der Waals surface area contributed by atoms with E-state index >= 15 is 0 Å². The highest BCUT2D eigenvalue weighted by Gasteiger charge is 2.55. The third kappa shape index (κ3) is 2.12. The number of carbonyl (C=O) groups excluding carboxylic acids is 1. The molecule has 1 N–H and O–H groups in total. The molecule has 3 atom stereocenters. The molecule has 3 rings (SSSR count). The van der Waals surface area contributed by atoms with Crippen molar-refractivity contribution < 1.29 is 19.4 Å². The van der Waals surface area contributed by atoms with Gasteiger partial charge in [0.1, 0.15) is 5.75 Å². The first kappa shape index (κ1) is 15.1. The van der Waals surface area contributed by atoms with E-state index in [9.17, 15) is 9.90 Å². The van der Waals surface area contributed by atoms with E-state index in [4.69, 9.17) is 9.47 Å². The number of rotatable bonds is 2. The summed E-state index contributed by atoms with van der Waals surface area (Å²) in [5.74, 6) is 0.538. The van der Waals surface area contributed by atoms with Crippen LogP contribution in [-0.4, -0.2) is 37.4 Å². The number of aliphatic hydroxyl groups excluding tert-OH is 1. The number of methoxy groups -OCH3 is 1. The molecule has 2 aliphatic heterocycles. The summed E-state index contributed by atoms with van der Waals surface area (Å²) >= 11 is 0. The van der Waals surface area contributed by atoms with Gasteiger partial charge in [-0.15, -0.1) is 0 Å². The molecule has 1 saturated heterocycles. The van der Waals surface area contributed by atoms with Crippen molar-refractivity contribution in [3.63, 3.8) is 0 Å². The average Bonchev–Trinajstić information content (AvgIpc) is 2.69. The number of benzene rings is 1. The fraction of sp³-hybridized carbons (Fsp3) is 0.471. The predicted molar refractivity (Wildman–Crippen MR) is 83.0 cm³/mol. The SMILES string of the molecule is C/C=C/[C@H]1C[C@H](O)C[C@@]2(O1)C(=O)N(C)c1ccc(OC)cc12. The largest absolute Gasteiger partial charge is 0.497 e. The summed E-state index contributed by atoms with van der Waals surface area (Å²) in [6.45, 7) is 1.90. The molecule has 22 heavy (non-hydrogen) atoms. The lowest BCUT2D eigenvalue weighted by atomic mass is 9.84. The molecular formula is C17H21NO4. The van der Waals surface area contributed by atoms with Crippen LogP contribution in [0.5, 0.6) is 5.75 Å². The molecule has 0 unspecified atom stereocenters. The number of nitrogens with zero attached hydrogens (tertiary/aromatic N) is 1. The number of carbonyl (C=O) groups is 1. The van der Waals surface area contributed by atoms with Gasteiger partial charge in [-0.25, -0.2) is 0 Å². The molecule has 1 aromatic carbocycles. The van der Waals surface area contributed by atoms with Crippen LogP contribution in [0.1, 0.15) is 25.3 Å². The van der Waals surface area contributed by atoms with Gasteiger partial charge in [0.2, 0.25) is 0 Å². The van der Waals surface area contributed by atoms with E-state index < -0.39 is 11.7 Å². The van der Waals surface area contributed by atoms with Gasteiger partial charge in [0.15, 0.2) is 5.60 Å². The summed E-state index contributed by atoms with van der Waals surface area (Å²) in [6, 6.07) is 5.52. The van der Waals surface area contributed by atoms with Crippen molar-refractivity contribution in [3.05, 3.63) is 35.9 Å². The molecule has 1 amide bonds. The van der Waals surface area contributed by atoms with Crippen LogP contribution in [0.15, 0.2) is 30.4 Å². The van der Waals surface area contributed by atoms with Gasteiger partial charge in [0.25, 0.3) is 5.91 Å². The topological polar surface area (TPSA) is 59.0 Å². The second-order valence-electron chi connectivity index (χ2n) is 5.85. The van der Waals surface area contributed by atoms with Crippen LogP contribution in [0.3, 0.4) is 0 Å². The van der Waals surface area contributed by atoms with Crippen molar-refractivity contribution in [1.29, 1.82) is 0 Å². The Morgan fingerprint density at radius 3 is 2.95 bits per heavy atom. The Labute approximate surface area is 130 Å². The molecule has 0 saturated carbocycles. The van der Waals surface area contributed by atoms with E-state index in [1.165, 1.54) is 0 Å². The molecule has 1 spiro atoms. The van der Waals surface area contributed by atoms with Crippen molar-refractivity contribution in [3.8, 4) is 5.75 Å². The highest BCUT2D eigenvalue weighted by Crippen LogP contribution is 2.49. The number of hydrogen-bond donors (Lipinski definition) is 1. The van der Waals surface area contributed by atoms with Gasteiger partial charge < -0.3 is 19.5 Å². The lowest BCUT2D eigenvalue weighted by molar-refractivity contribution is -0.171. The van der Waals surface area contributed by atoms with Crippen molar-refractivity contribution in [2.24, 2.45) is 0 Å². The van der Waals surface area contributed by atoms with Crippen LogP contribution in [-0.2, 0) is 15.1 Å². The molecule has 0 radical (unpaired) electrons. The van der Waals surface area contributed by atoms with E-state index in [-0.39, 0.29) is 18.4 Å². The third-order valence-corrected chi connectivity index (χ3v) is 4.44. The molecule has 0 aromatic heterocycles. The van der Waals surface area contributed by atoms with Gasteiger partial charge in [0.05, 0.1) is 25.0 Å². The monoisotopic (exact) mass is 303 g/mol. The van der Waals surface area contributed by atoms with E-state index in [2.05, 4.69) is 0 Å². The predicted octanol–water partition coefficient (Wildman–Crippen LogP) is 1.98. The van der Waals surface area contributed by atoms with E-state index in [0.29, 0.717) is 12.2 Å². The maximum Gasteiger partial charge on any atom is 0.263 e. The fourth-order valence-corrected chi connectivity index (χ4v) is 3.44. The lowest BCUT2D eigenvalue weighted by Gasteiger charge is -2.39. The molecule has 1 fully saturated rings. The maximum absolute atomic E-state index is 12.9. The van der Waals surface area contributed by atoms with E-state index in [1.54, 1.807) is 19.1 Å². The molecule has 1 aromatic rings. The van der Waals surface area contributed by atoms with Crippen LogP contribution in [0.4, 0.5) is 5.69 Å². The van der Waals surface area contributed by atoms with Crippen LogP contribution in [0, 0.1) is 0 Å². The Morgan fingerprint density at radius 1 is 1.50 bits per heavy atom. The first-order valence-corrected chi connectivity index (χ1v) is 7.47. The third-order valence-electron chi connectivity index (χ3n) is 4.44. The highest BCUT2D eigenvalue weighted by molar-refractivity contribution is 6.07. The Balaban J connectivity index is 2.11. The molecule has 5 heteroatoms. The summed E-state index contributed by atoms with van der Waals surface area (Å²) in [4.78, 5) is 14.5. The number of fused-ring (bicyclic) bond motifs is 2. The van der Waals surface area contributed by atoms with Gasteiger partial charge >= 0.3 is 0 Å². The Bertz CT molecular complexity index is 627. The van der Waals surface area contributed by atoms with Gasteiger partial charge in [-0.2, -0.15) is 0 Å². The van der Waals surface area contributed by atoms with Crippen LogP contribution < -0.4 is 9.64 Å². The molecule has 5 nitrogen and oxygen atoms in total. The van der Waals surface area contributed by atoms with Crippen molar-refractivity contribution in [2.75, 3.05) is 19.1 Å². The quantitative estimate of drug-likeness (QED) is 0.849. The minimum absolute atomic E-state index is 0.135. The summed E-state index contributed by atoms with van der Waals surface area (Å²) < 4.78 is 11.4. The zero-order chi connectivity index (χ0) is 15.9. The van der Waals surface area contributed by atoms with Crippen molar-refractivity contribution in [1.82, 2.24) is 0 Å². The normalized spacial score (nSPS) is 31.1. The summed E-state index contributed by atoms with van der Waals surface area (Å²) in [5, 5.41) is 10.3. The molecule has 2 heterocycles. The smallest absolute Gasteiger partial charge is 0.263 e. The molecule has 0 bridgehead atoms. The van der Waals surface area contributed by atoms with Gasteiger partial charge in [-0.1, -0.05) is 12.2 Å². The van der Waals surface area contributed by atoms with E-state index in [0.717, 1.165) is 11.3 Å². The Hall–Kier alpha value is -1.85. The lowest BCUT2D eigenvalue weighted by Crippen LogP contribution is -2.49. The summed E-state index contributed by atoms with van der Waals surface area (Å²) in [5.41, 5.74) is 0.451. The van der Waals surface area contributed by atoms with E-state index in [1.807, 2.05) is 37.3 Å². The highest BCUT2D eigenvalue weighted by atomic mass is 16.5. The fourth-order valence-electron chi connectivity index (χ4n) is 3.44. The number of likely N-dealkylation sites (N-methyl/N-ethyl adjacent to an activating group) is 1. The Kier molecular flexibility index (Phi) is 3.70. The number of aliphatic hydroxyl groups is 1. The van der Waals surface area contributed by atoms with Crippen LogP contribution in [0.2, 0.25) is 0 Å². The zero-order valence-electron chi connectivity index (χ0n) is 13.1. The first-order chi connectivity index (χ1) is 10.5.